The van der Waals surface area contributed by atoms with Crippen molar-refractivity contribution in [1.82, 2.24) is 10.6 Å². The lowest BCUT2D eigenvalue weighted by atomic mass is 10.2. The van der Waals surface area contributed by atoms with Crippen LogP contribution in [0.2, 0.25) is 5.02 Å². The second-order valence-corrected chi connectivity index (χ2v) is 7.18. The Morgan fingerprint density at radius 3 is 2.76 bits per heavy atom. The van der Waals surface area contributed by atoms with Gasteiger partial charge in [0, 0.05) is 49.9 Å². The van der Waals surface area contributed by atoms with Gasteiger partial charge in [0.05, 0.1) is 17.7 Å². The van der Waals surface area contributed by atoms with Gasteiger partial charge in [-0.15, -0.1) is 0 Å². The van der Waals surface area contributed by atoms with Gasteiger partial charge < -0.3 is 20.3 Å². The predicted molar refractivity (Wildman–Crippen MR) is 115 cm³/mol. The molecule has 0 radical (unpaired) electrons. The topological polar surface area (TPSA) is 92.0 Å². The normalized spacial score (nSPS) is 16.6. The highest BCUT2D eigenvalue weighted by molar-refractivity contribution is 6.30. The highest BCUT2D eigenvalue weighted by atomic mass is 35.5. The zero-order chi connectivity index (χ0) is 20.8. The summed E-state index contributed by atoms with van der Waals surface area (Å²) in [5.74, 6) is 1.49. The predicted octanol–water partition coefficient (Wildman–Crippen LogP) is 3.20. The van der Waals surface area contributed by atoms with Gasteiger partial charge in [-0.1, -0.05) is 23.7 Å². The fourth-order valence-electron chi connectivity index (χ4n) is 3.32. The third-order valence-corrected chi connectivity index (χ3v) is 5.08. The lowest BCUT2D eigenvalue weighted by molar-refractivity contribution is -0.384. The number of nitrogens with zero attached hydrogens (tertiary/aromatic N) is 3. The molecular weight excluding hydrogens is 394 g/mol. The van der Waals surface area contributed by atoms with Crippen LogP contribution in [0.1, 0.15) is 12.0 Å². The minimum Gasteiger partial charge on any atom is -0.495 e. The van der Waals surface area contributed by atoms with E-state index in [4.69, 9.17) is 16.3 Å². The molecule has 2 aromatic carbocycles. The van der Waals surface area contributed by atoms with Crippen molar-refractivity contribution in [1.29, 1.82) is 0 Å². The van der Waals surface area contributed by atoms with E-state index < -0.39 is 4.92 Å². The number of rotatable bonds is 6. The number of methoxy groups -OCH3 is 1. The van der Waals surface area contributed by atoms with E-state index in [9.17, 15) is 10.1 Å². The largest absolute Gasteiger partial charge is 0.495 e. The number of hydrogen-bond acceptors (Lipinski definition) is 5. The summed E-state index contributed by atoms with van der Waals surface area (Å²) in [5, 5.41) is 18.1. The molecule has 154 valence electrons. The maximum Gasteiger partial charge on any atom is 0.269 e. The molecule has 29 heavy (non-hydrogen) atoms. The number of nitro benzene ring substituents is 1. The van der Waals surface area contributed by atoms with Gasteiger partial charge in [0.15, 0.2) is 5.96 Å². The summed E-state index contributed by atoms with van der Waals surface area (Å²) >= 11 is 6.16. The summed E-state index contributed by atoms with van der Waals surface area (Å²) in [5.41, 5.74) is 2.01. The first-order valence-electron chi connectivity index (χ1n) is 9.29. The Balaban J connectivity index is 1.55. The van der Waals surface area contributed by atoms with Gasteiger partial charge in [-0.2, -0.15) is 0 Å². The molecule has 1 aliphatic rings. The molecule has 0 aromatic heterocycles. The number of guanidine groups is 1. The monoisotopic (exact) mass is 417 g/mol. The molecule has 3 rings (SSSR count). The molecule has 2 aromatic rings. The first kappa shape index (κ1) is 20.7. The quantitative estimate of drug-likeness (QED) is 0.324. The van der Waals surface area contributed by atoms with E-state index in [0.29, 0.717) is 17.5 Å². The maximum atomic E-state index is 10.7. The van der Waals surface area contributed by atoms with Gasteiger partial charge in [-0.3, -0.25) is 15.1 Å². The van der Waals surface area contributed by atoms with Gasteiger partial charge in [-0.25, -0.2) is 0 Å². The highest BCUT2D eigenvalue weighted by Crippen LogP contribution is 2.33. The Hall–Kier alpha value is -3.00. The van der Waals surface area contributed by atoms with Crippen LogP contribution >= 0.6 is 11.6 Å². The average Bonchev–Trinajstić information content (AvgIpc) is 3.19. The first-order valence-corrected chi connectivity index (χ1v) is 9.67. The highest BCUT2D eigenvalue weighted by Gasteiger charge is 2.25. The number of nitro groups is 1. The van der Waals surface area contributed by atoms with Crippen LogP contribution in [-0.2, 0) is 6.54 Å². The van der Waals surface area contributed by atoms with Gasteiger partial charge in [0.1, 0.15) is 5.75 Å². The van der Waals surface area contributed by atoms with E-state index in [1.54, 1.807) is 26.3 Å². The number of benzene rings is 2. The molecule has 1 saturated heterocycles. The Morgan fingerprint density at radius 1 is 1.34 bits per heavy atom. The molecule has 1 fully saturated rings. The van der Waals surface area contributed by atoms with Crippen LogP contribution in [0.3, 0.4) is 0 Å². The van der Waals surface area contributed by atoms with Crippen molar-refractivity contribution >= 4 is 28.9 Å². The molecule has 1 aliphatic heterocycles. The lowest BCUT2D eigenvalue weighted by Gasteiger charge is -2.22. The Bertz CT molecular complexity index is 888. The Morgan fingerprint density at radius 2 is 2.10 bits per heavy atom. The zero-order valence-electron chi connectivity index (χ0n) is 16.4. The summed E-state index contributed by atoms with van der Waals surface area (Å²) in [7, 11) is 3.38. The van der Waals surface area contributed by atoms with Crippen LogP contribution in [0.5, 0.6) is 5.75 Å². The minimum absolute atomic E-state index is 0.0822. The molecular formula is C20H24ClN5O3. The van der Waals surface area contributed by atoms with Gasteiger partial charge in [0.2, 0.25) is 0 Å². The number of anilines is 1. The van der Waals surface area contributed by atoms with Crippen molar-refractivity contribution in [3.8, 4) is 5.75 Å². The molecule has 9 heteroatoms. The number of hydrogen-bond donors (Lipinski definition) is 2. The summed E-state index contributed by atoms with van der Waals surface area (Å²) < 4.78 is 5.46. The standard InChI is InChI=1S/C20H24ClN5O3/c1-22-20(23-12-14-3-6-17(7-4-14)26(27)28)24-16-9-10-25(13-16)18-11-15(21)5-8-19(18)29-2/h3-8,11,16H,9-10,12-13H2,1-2H3,(H2,22,23,24). The molecule has 8 nitrogen and oxygen atoms in total. The van der Waals surface area contributed by atoms with E-state index in [-0.39, 0.29) is 11.7 Å². The minimum atomic E-state index is -0.404. The van der Waals surface area contributed by atoms with Gasteiger partial charge in [-0.05, 0) is 30.2 Å². The summed E-state index contributed by atoms with van der Waals surface area (Å²) in [6, 6.07) is 12.3. The second kappa shape index (κ2) is 9.47. The molecule has 0 saturated carbocycles. The molecule has 0 spiro atoms. The number of halogens is 1. The van der Waals surface area contributed by atoms with Crippen LogP contribution in [0.25, 0.3) is 0 Å². The van der Waals surface area contributed by atoms with Crippen molar-refractivity contribution in [3.05, 3.63) is 63.2 Å². The lowest BCUT2D eigenvalue weighted by Crippen LogP contribution is -2.44. The molecule has 0 bridgehead atoms. The first-order chi connectivity index (χ1) is 14.0. The fourth-order valence-corrected chi connectivity index (χ4v) is 3.48. The zero-order valence-corrected chi connectivity index (χ0v) is 17.1. The SMILES string of the molecule is CN=C(NCc1ccc([N+](=O)[O-])cc1)NC1CCN(c2cc(Cl)ccc2OC)C1. The number of aliphatic imine (C=N–C) groups is 1. The average molecular weight is 418 g/mol. The van der Waals surface area contributed by atoms with Crippen LogP contribution in [-0.4, -0.2) is 44.2 Å². The molecule has 0 aliphatic carbocycles. The van der Waals surface area contributed by atoms with Crippen molar-refractivity contribution in [2.75, 3.05) is 32.1 Å². The van der Waals surface area contributed by atoms with Gasteiger partial charge in [0.25, 0.3) is 5.69 Å². The molecule has 1 heterocycles. The van der Waals surface area contributed by atoms with Crippen molar-refractivity contribution < 1.29 is 9.66 Å². The summed E-state index contributed by atoms with van der Waals surface area (Å²) in [4.78, 5) is 16.9. The summed E-state index contributed by atoms with van der Waals surface area (Å²) in [6.07, 6.45) is 0.952. The fraction of sp³-hybridized carbons (Fsp3) is 0.350. The van der Waals surface area contributed by atoms with Crippen LogP contribution in [0.4, 0.5) is 11.4 Å². The van der Waals surface area contributed by atoms with Crippen molar-refractivity contribution in [2.45, 2.75) is 19.0 Å². The molecule has 1 atom stereocenters. The molecule has 1 unspecified atom stereocenters. The number of nitrogens with one attached hydrogen (secondary N) is 2. The van der Waals surface area contributed by atoms with Crippen LogP contribution in [0, 0.1) is 10.1 Å². The van der Waals surface area contributed by atoms with E-state index in [1.165, 1.54) is 12.1 Å². The molecule has 0 amide bonds. The van der Waals surface area contributed by atoms with E-state index in [0.717, 1.165) is 36.5 Å². The van der Waals surface area contributed by atoms with Crippen LogP contribution in [0.15, 0.2) is 47.5 Å². The Labute approximate surface area is 174 Å². The third kappa shape index (κ3) is 5.29. The number of ether oxygens (including phenoxy) is 1. The molecule has 2 N–H and O–H groups in total. The van der Waals surface area contributed by atoms with Crippen molar-refractivity contribution in [3.63, 3.8) is 0 Å². The summed E-state index contributed by atoms with van der Waals surface area (Å²) in [6.45, 7) is 2.21. The van der Waals surface area contributed by atoms with Crippen LogP contribution < -0.4 is 20.3 Å². The van der Waals surface area contributed by atoms with E-state index in [2.05, 4.69) is 20.5 Å². The van der Waals surface area contributed by atoms with E-state index >= 15 is 0 Å². The second-order valence-electron chi connectivity index (χ2n) is 6.74. The Kier molecular flexibility index (Phi) is 6.77. The van der Waals surface area contributed by atoms with E-state index in [1.807, 2.05) is 18.2 Å². The number of non-ortho nitro benzene ring substituents is 1. The van der Waals surface area contributed by atoms with Gasteiger partial charge >= 0.3 is 0 Å². The maximum absolute atomic E-state index is 10.7. The van der Waals surface area contributed by atoms with Crippen molar-refractivity contribution in [2.24, 2.45) is 4.99 Å². The third-order valence-electron chi connectivity index (χ3n) is 4.84. The smallest absolute Gasteiger partial charge is 0.269 e.